The standard InChI is InChI=1S/C21H29NO3/c1-20-7-4-14-13-3-2-12(22)10-16(13)18(23)11-15(14)17(20)5-8-21(20)9-6-19(24)25-21/h10,13-15,17-18,22-23H,2-9,11H2,1H3/t13-,14?,15?,17?,18?,20+,21-/m1/s1. The second-order valence-electron chi connectivity index (χ2n) is 9.46. The molecule has 4 nitrogen and oxygen atoms in total. The van der Waals surface area contributed by atoms with E-state index in [1.54, 1.807) is 0 Å². The monoisotopic (exact) mass is 343 g/mol. The molecular formula is C21H29NO3. The normalized spacial score (nSPS) is 51.6. The van der Waals surface area contributed by atoms with Crippen molar-refractivity contribution in [1.82, 2.24) is 0 Å². The SMILES string of the molecule is C[C@]12CCC3C(CC(O)C4=CC(=N)CC[C@@H]43)C1CC[C@@]21CCC(=O)O1. The van der Waals surface area contributed by atoms with Crippen LogP contribution in [-0.4, -0.2) is 28.5 Å². The molecule has 1 aliphatic heterocycles. The van der Waals surface area contributed by atoms with Crippen LogP contribution in [0.3, 0.4) is 0 Å². The number of aliphatic hydroxyl groups excluding tert-OH is 1. The fourth-order valence-electron chi connectivity index (χ4n) is 7.51. The smallest absolute Gasteiger partial charge is 0.306 e. The number of nitrogens with one attached hydrogen (secondary N) is 1. The van der Waals surface area contributed by atoms with E-state index >= 15 is 0 Å². The van der Waals surface area contributed by atoms with E-state index in [1.165, 1.54) is 6.42 Å². The van der Waals surface area contributed by atoms with Crippen molar-refractivity contribution in [3.05, 3.63) is 11.6 Å². The number of hydrogen-bond donors (Lipinski definition) is 2. The molecule has 0 aromatic heterocycles. The molecule has 0 radical (unpaired) electrons. The minimum Gasteiger partial charge on any atom is -0.458 e. The molecule has 0 aromatic rings. The van der Waals surface area contributed by atoms with Crippen molar-refractivity contribution in [3.63, 3.8) is 0 Å². The van der Waals surface area contributed by atoms with Gasteiger partial charge in [0, 0.05) is 17.5 Å². The van der Waals surface area contributed by atoms with E-state index in [2.05, 4.69) is 6.92 Å². The summed E-state index contributed by atoms with van der Waals surface area (Å²) in [5.41, 5.74) is 1.68. The molecule has 136 valence electrons. The number of fused-ring (bicyclic) bond motifs is 6. The van der Waals surface area contributed by atoms with E-state index in [0.717, 1.165) is 50.5 Å². The Labute approximate surface area is 149 Å². The van der Waals surface area contributed by atoms with Crippen LogP contribution in [0.15, 0.2) is 11.6 Å². The summed E-state index contributed by atoms with van der Waals surface area (Å²) in [6.45, 7) is 2.37. The topological polar surface area (TPSA) is 70.4 Å². The van der Waals surface area contributed by atoms with Crippen molar-refractivity contribution in [2.75, 3.05) is 0 Å². The first kappa shape index (κ1) is 16.0. The Kier molecular flexibility index (Phi) is 3.33. The van der Waals surface area contributed by atoms with E-state index < -0.39 is 0 Å². The summed E-state index contributed by atoms with van der Waals surface area (Å²) in [4.78, 5) is 11.9. The van der Waals surface area contributed by atoms with Crippen molar-refractivity contribution in [1.29, 1.82) is 5.41 Å². The molecule has 1 saturated heterocycles. The highest BCUT2D eigenvalue weighted by atomic mass is 16.6. The molecule has 25 heavy (non-hydrogen) atoms. The molecule has 2 N–H and O–H groups in total. The van der Waals surface area contributed by atoms with Gasteiger partial charge in [0.25, 0.3) is 0 Å². The lowest BCUT2D eigenvalue weighted by molar-refractivity contribution is -0.167. The fourth-order valence-corrected chi connectivity index (χ4v) is 7.51. The highest BCUT2D eigenvalue weighted by Gasteiger charge is 2.66. The van der Waals surface area contributed by atoms with E-state index in [0.29, 0.717) is 35.8 Å². The molecule has 7 atom stereocenters. The third-order valence-electron chi connectivity index (χ3n) is 8.72. The summed E-state index contributed by atoms with van der Waals surface area (Å²) >= 11 is 0. The van der Waals surface area contributed by atoms with Crippen LogP contribution < -0.4 is 0 Å². The minimum atomic E-state index is -0.378. The number of allylic oxidation sites excluding steroid dienone is 1. The van der Waals surface area contributed by atoms with Crippen LogP contribution >= 0.6 is 0 Å². The van der Waals surface area contributed by atoms with Gasteiger partial charge in [-0.1, -0.05) is 6.92 Å². The first-order valence-electron chi connectivity index (χ1n) is 10.1. The van der Waals surface area contributed by atoms with Crippen molar-refractivity contribution in [2.45, 2.75) is 76.4 Å². The lowest BCUT2D eigenvalue weighted by Crippen LogP contribution is -2.54. The van der Waals surface area contributed by atoms with Crippen LogP contribution in [0.2, 0.25) is 0 Å². The average Bonchev–Trinajstić information content (AvgIpc) is 3.10. The Balaban J connectivity index is 1.48. The lowest BCUT2D eigenvalue weighted by atomic mass is 9.50. The summed E-state index contributed by atoms with van der Waals surface area (Å²) in [6.07, 6.45) is 10.3. The van der Waals surface area contributed by atoms with Gasteiger partial charge in [0.15, 0.2) is 0 Å². The van der Waals surface area contributed by atoms with Crippen LogP contribution in [0.5, 0.6) is 0 Å². The van der Waals surface area contributed by atoms with Gasteiger partial charge in [-0.05, 0) is 86.7 Å². The van der Waals surface area contributed by atoms with Gasteiger partial charge in [0.05, 0.1) is 6.10 Å². The van der Waals surface area contributed by atoms with Gasteiger partial charge in [-0.25, -0.2) is 0 Å². The molecule has 5 rings (SSSR count). The Hall–Kier alpha value is -1.16. The number of carbonyl (C=O) groups is 1. The maximum absolute atomic E-state index is 11.9. The zero-order valence-corrected chi connectivity index (χ0v) is 15.1. The molecule has 1 spiro atoms. The number of rotatable bonds is 0. The highest BCUT2D eigenvalue weighted by molar-refractivity contribution is 5.94. The molecule has 4 aliphatic carbocycles. The maximum atomic E-state index is 11.9. The number of carbonyl (C=O) groups excluding carboxylic acids is 1. The summed E-state index contributed by atoms with van der Waals surface area (Å²) < 4.78 is 5.97. The van der Waals surface area contributed by atoms with Gasteiger partial charge >= 0.3 is 5.97 Å². The fraction of sp³-hybridized carbons (Fsp3) is 0.810. The van der Waals surface area contributed by atoms with Gasteiger partial charge in [-0.3, -0.25) is 4.79 Å². The predicted molar refractivity (Wildman–Crippen MR) is 94.3 cm³/mol. The summed E-state index contributed by atoms with van der Waals surface area (Å²) in [6, 6.07) is 0. The van der Waals surface area contributed by atoms with Crippen molar-refractivity contribution < 1.29 is 14.6 Å². The lowest BCUT2D eigenvalue weighted by Gasteiger charge is -2.56. The van der Waals surface area contributed by atoms with Crippen molar-refractivity contribution in [2.24, 2.45) is 29.1 Å². The van der Waals surface area contributed by atoms with E-state index in [9.17, 15) is 9.90 Å². The molecular weight excluding hydrogens is 314 g/mol. The van der Waals surface area contributed by atoms with E-state index in [-0.39, 0.29) is 23.1 Å². The van der Waals surface area contributed by atoms with Crippen molar-refractivity contribution in [3.8, 4) is 0 Å². The number of ether oxygens (including phenoxy) is 1. The zero-order chi connectivity index (χ0) is 17.4. The van der Waals surface area contributed by atoms with Gasteiger partial charge in [0.1, 0.15) is 5.60 Å². The summed E-state index contributed by atoms with van der Waals surface area (Å²) in [5.74, 6) is 2.21. The Morgan fingerprint density at radius 2 is 2.00 bits per heavy atom. The summed E-state index contributed by atoms with van der Waals surface area (Å²) in [7, 11) is 0. The van der Waals surface area contributed by atoms with Gasteiger partial charge in [0.2, 0.25) is 0 Å². The number of aliphatic hydroxyl groups is 1. The molecule has 5 aliphatic rings. The first-order chi connectivity index (χ1) is 11.9. The third-order valence-corrected chi connectivity index (χ3v) is 8.72. The molecule has 4 heteroatoms. The molecule has 0 bridgehead atoms. The van der Waals surface area contributed by atoms with E-state index in [1.807, 2.05) is 6.08 Å². The first-order valence-corrected chi connectivity index (χ1v) is 10.1. The second-order valence-corrected chi connectivity index (χ2v) is 9.46. The number of esters is 1. The maximum Gasteiger partial charge on any atom is 0.306 e. The Morgan fingerprint density at radius 3 is 2.76 bits per heavy atom. The predicted octanol–water partition coefficient (Wildman–Crippen LogP) is 3.63. The van der Waals surface area contributed by atoms with Crippen LogP contribution in [-0.2, 0) is 9.53 Å². The zero-order valence-electron chi connectivity index (χ0n) is 15.1. The van der Waals surface area contributed by atoms with Crippen molar-refractivity contribution >= 4 is 11.7 Å². The van der Waals surface area contributed by atoms with Gasteiger partial charge < -0.3 is 15.3 Å². The molecule has 4 fully saturated rings. The summed E-state index contributed by atoms with van der Waals surface area (Å²) in [5, 5.41) is 18.8. The van der Waals surface area contributed by atoms with Crippen LogP contribution in [0, 0.1) is 34.5 Å². The molecule has 0 amide bonds. The Morgan fingerprint density at radius 1 is 1.16 bits per heavy atom. The van der Waals surface area contributed by atoms with Gasteiger partial charge in [-0.15, -0.1) is 0 Å². The molecule has 4 unspecified atom stereocenters. The third kappa shape index (κ3) is 2.03. The molecule has 1 heterocycles. The average molecular weight is 343 g/mol. The molecule has 3 saturated carbocycles. The largest absolute Gasteiger partial charge is 0.458 e. The highest BCUT2D eigenvalue weighted by Crippen LogP contribution is 2.67. The van der Waals surface area contributed by atoms with Crippen LogP contribution in [0.1, 0.15) is 64.7 Å². The Bertz CT molecular complexity index is 670. The second kappa shape index (κ2) is 5.18. The van der Waals surface area contributed by atoms with Gasteiger partial charge in [-0.2, -0.15) is 0 Å². The minimum absolute atomic E-state index is 0.0105. The van der Waals surface area contributed by atoms with Crippen LogP contribution in [0.4, 0.5) is 0 Å². The van der Waals surface area contributed by atoms with Crippen LogP contribution in [0.25, 0.3) is 0 Å². The van der Waals surface area contributed by atoms with E-state index in [4.69, 9.17) is 10.1 Å². The number of hydrogen-bond acceptors (Lipinski definition) is 4. The quantitative estimate of drug-likeness (QED) is 0.660. The molecule has 0 aromatic carbocycles.